The van der Waals surface area contributed by atoms with Crippen LogP contribution in [0.3, 0.4) is 0 Å². The Balaban J connectivity index is 2.45. The van der Waals surface area contributed by atoms with Crippen molar-refractivity contribution in [1.29, 1.82) is 0 Å². The molecule has 0 saturated heterocycles. The molecule has 0 unspecified atom stereocenters. The van der Waals surface area contributed by atoms with Crippen LogP contribution in [0.15, 0.2) is 52.7 Å². The maximum Gasteiger partial charge on any atom is 0.211 e. The van der Waals surface area contributed by atoms with Gasteiger partial charge >= 0.3 is 0 Å². The zero-order valence-electron chi connectivity index (χ0n) is 11.4. The predicted molar refractivity (Wildman–Crippen MR) is 94.9 cm³/mol. The molecule has 0 amide bonds. The Morgan fingerprint density at radius 2 is 1.59 bits per heavy atom. The summed E-state index contributed by atoms with van der Waals surface area (Å²) in [4.78, 5) is 0. The van der Waals surface area contributed by atoms with Gasteiger partial charge in [0.1, 0.15) is 0 Å². The second-order valence-corrected chi connectivity index (χ2v) is 5.49. The zero-order valence-corrected chi connectivity index (χ0v) is 12.9. The van der Waals surface area contributed by atoms with Gasteiger partial charge in [0.15, 0.2) is 0 Å². The molecular formula is C16H12Cl2N4. The molecule has 0 radical (unpaired) electrons. The van der Waals surface area contributed by atoms with Crippen LogP contribution in [0.25, 0.3) is 21.5 Å². The van der Waals surface area contributed by atoms with E-state index in [-0.39, 0.29) is 5.96 Å². The number of benzene rings is 3. The van der Waals surface area contributed by atoms with Crippen molar-refractivity contribution in [2.45, 2.75) is 0 Å². The van der Waals surface area contributed by atoms with Gasteiger partial charge in [-0.2, -0.15) is 5.10 Å². The molecule has 3 aromatic carbocycles. The molecule has 4 N–H and O–H groups in total. The van der Waals surface area contributed by atoms with Gasteiger partial charge in [-0.05, 0) is 16.8 Å². The molecule has 0 aromatic heterocycles. The van der Waals surface area contributed by atoms with Crippen LogP contribution in [-0.4, -0.2) is 12.2 Å². The maximum absolute atomic E-state index is 6.54. The summed E-state index contributed by atoms with van der Waals surface area (Å²) in [6.45, 7) is 0. The Morgan fingerprint density at radius 3 is 2.32 bits per heavy atom. The van der Waals surface area contributed by atoms with E-state index in [0.717, 1.165) is 27.1 Å². The summed E-state index contributed by atoms with van der Waals surface area (Å²) < 4.78 is 0. The molecule has 3 rings (SSSR count). The molecule has 0 aliphatic rings. The highest BCUT2D eigenvalue weighted by molar-refractivity contribution is 6.46. The van der Waals surface area contributed by atoms with E-state index in [1.165, 1.54) is 0 Å². The van der Waals surface area contributed by atoms with Crippen molar-refractivity contribution < 1.29 is 0 Å². The van der Waals surface area contributed by atoms with E-state index in [4.69, 9.17) is 34.7 Å². The van der Waals surface area contributed by atoms with Gasteiger partial charge in [0.05, 0.1) is 11.2 Å². The first-order valence-corrected chi connectivity index (χ1v) is 7.25. The molecule has 0 bridgehead atoms. The summed E-state index contributed by atoms with van der Waals surface area (Å²) in [6.07, 6.45) is 1.61. The first-order chi connectivity index (χ1) is 10.6. The molecule has 6 heteroatoms. The molecule has 22 heavy (non-hydrogen) atoms. The minimum Gasteiger partial charge on any atom is -0.369 e. The summed E-state index contributed by atoms with van der Waals surface area (Å²) in [6, 6.07) is 13.4. The number of nitrogens with two attached hydrogens (primary N) is 2. The third-order valence-corrected chi connectivity index (χ3v) is 4.04. The van der Waals surface area contributed by atoms with Crippen LogP contribution < -0.4 is 11.5 Å². The van der Waals surface area contributed by atoms with Crippen LogP contribution in [0.4, 0.5) is 0 Å². The lowest BCUT2D eigenvalue weighted by molar-refractivity contribution is 1.22. The van der Waals surface area contributed by atoms with Gasteiger partial charge in [-0.25, -0.2) is 0 Å². The molecular weight excluding hydrogens is 319 g/mol. The van der Waals surface area contributed by atoms with E-state index in [1.54, 1.807) is 6.21 Å². The molecule has 0 spiro atoms. The fraction of sp³-hybridized carbons (Fsp3) is 0. The molecule has 0 saturated carbocycles. The normalized spacial score (nSPS) is 11.4. The smallest absolute Gasteiger partial charge is 0.211 e. The second kappa shape index (κ2) is 5.83. The number of hydrogen-bond donors (Lipinski definition) is 2. The standard InChI is InChI=1S/C16H12Cl2N4/c17-13-7-3-6-10-12(8-21-22-16(19)20)9-4-1-2-5-11(9)15(18)14(10)13/h1-8H,(H4,19,20,22). The van der Waals surface area contributed by atoms with E-state index in [2.05, 4.69) is 10.2 Å². The van der Waals surface area contributed by atoms with Crippen LogP contribution in [-0.2, 0) is 0 Å². The summed E-state index contributed by atoms with van der Waals surface area (Å²) >= 11 is 12.9. The van der Waals surface area contributed by atoms with Gasteiger partial charge in [-0.15, -0.1) is 5.10 Å². The average molecular weight is 331 g/mol. The summed E-state index contributed by atoms with van der Waals surface area (Å²) in [5, 5.41) is 12.3. The van der Waals surface area contributed by atoms with Crippen LogP contribution in [0, 0.1) is 0 Å². The van der Waals surface area contributed by atoms with E-state index in [9.17, 15) is 0 Å². The van der Waals surface area contributed by atoms with E-state index < -0.39 is 0 Å². The van der Waals surface area contributed by atoms with Crippen molar-refractivity contribution in [2.75, 3.05) is 0 Å². The molecule has 4 nitrogen and oxygen atoms in total. The lowest BCUT2D eigenvalue weighted by Gasteiger charge is -2.11. The first-order valence-electron chi connectivity index (χ1n) is 6.50. The fourth-order valence-electron chi connectivity index (χ4n) is 2.45. The lowest BCUT2D eigenvalue weighted by atomic mass is 9.97. The highest BCUT2D eigenvalue weighted by atomic mass is 35.5. The van der Waals surface area contributed by atoms with E-state index >= 15 is 0 Å². The Bertz CT molecular complexity index is 928. The third-order valence-electron chi connectivity index (χ3n) is 3.34. The predicted octanol–water partition coefficient (Wildman–Crippen LogP) is 3.91. The first kappa shape index (κ1) is 14.6. The Labute approximate surface area is 137 Å². The van der Waals surface area contributed by atoms with Crippen molar-refractivity contribution in [3.8, 4) is 0 Å². The molecule has 0 heterocycles. The van der Waals surface area contributed by atoms with E-state index in [1.807, 2.05) is 42.5 Å². The van der Waals surface area contributed by atoms with Crippen molar-refractivity contribution in [2.24, 2.45) is 21.7 Å². The van der Waals surface area contributed by atoms with Gasteiger partial charge < -0.3 is 11.5 Å². The summed E-state index contributed by atoms with van der Waals surface area (Å²) in [5.74, 6) is -0.100. The molecule has 3 aromatic rings. The lowest BCUT2D eigenvalue weighted by Crippen LogP contribution is -2.21. The SMILES string of the molecule is NC(N)=NN=Cc1c2ccccc2c(Cl)c2c(Cl)cccc12. The van der Waals surface area contributed by atoms with Crippen LogP contribution >= 0.6 is 23.2 Å². The molecule has 0 fully saturated rings. The molecule has 110 valence electrons. The Morgan fingerprint density at radius 1 is 0.909 bits per heavy atom. The quantitative estimate of drug-likeness (QED) is 0.323. The molecule has 0 atom stereocenters. The van der Waals surface area contributed by atoms with Gasteiger partial charge in [-0.3, -0.25) is 0 Å². The van der Waals surface area contributed by atoms with Crippen LogP contribution in [0.1, 0.15) is 5.56 Å². The van der Waals surface area contributed by atoms with Gasteiger partial charge in [0, 0.05) is 21.4 Å². The third kappa shape index (κ3) is 2.47. The topological polar surface area (TPSA) is 76.8 Å². The highest BCUT2D eigenvalue weighted by Gasteiger charge is 2.13. The van der Waals surface area contributed by atoms with Gasteiger partial charge in [0.2, 0.25) is 5.96 Å². The van der Waals surface area contributed by atoms with Gasteiger partial charge in [0.25, 0.3) is 0 Å². The Hall–Kier alpha value is -2.30. The zero-order chi connectivity index (χ0) is 15.7. The van der Waals surface area contributed by atoms with Crippen molar-refractivity contribution in [3.05, 3.63) is 58.1 Å². The maximum atomic E-state index is 6.54. The monoisotopic (exact) mass is 330 g/mol. The number of nitrogens with zero attached hydrogens (tertiary/aromatic N) is 2. The average Bonchev–Trinajstić information content (AvgIpc) is 2.50. The summed E-state index contributed by atoms with van der Waals surface area (Å²) in [7, 11) is 0. The van der Waals surface area contributed by atoms with Gasteiger partial charge in [-0.1, -0.05) is 59.6 Å². The highest BCUT2D eigenvalue weighted by Crippen LogP contribution is 2.38. The second-order valence-electron chi connectivity index (χ2n) is 4.71. The number of rotatable bonds is 2. The fourth-order valence-corrected chi connectivity index (χ4v) is 3.14. The van der Waals surface area contributed by atoms with Crippen LogP contribution in [0.5, 0.6) is 0 Å². The molecule has 0 aliphatic heterocycles. The van der Waals surface area contributed by atoms with Crippen LogP contribution in [0.2, 0.25) is 10.0 Å². The molecule has 0 aliphatic carbocycles. The summed E-state index contributed by atoms with van der Waals surface area (Å²) in [5.41, 5.74) is 11.5. The number of hydrogen-bond acceptors (Lipinski definition) is 2. The number of guanidine groups is 1. The Kier molecular flexibility index (Phi) is 3.88. The minimum absolute atomic E-state index is 0.100. The van der Waals surface area contributed by atoms with Crippen molar-refractivity contribution >= 4 is 56.9 Å². The number of fused-ring (bicyclic) bond motifs is 2. The van der Waals surface area contributed by atoms with Crippen molar-refractivity contribution in [1.82, 2.24) is 0 Å². The van der Waals surface area contributed by atoms with Crippen molar-refractivity contribution in [3.63, 3.8) is 0 Å². The minimum atomic E-state index is -0.100. The largest absolute Gasteiger partial charge is 0.369 e. The van der Waals surface area contributed by atoms with E-state index in [0.29, 0.717) is 10.0 Å². The number of halogens is 2.